The lowest BCUT2D eigenvalue weighted by Gasteiger charge is -2.25. The average molecular weight is 449 g/mol. The smallest absolute Gasteiger partial charge is 0.264 e. The Hall–Kier alpha value is -3.10. The molecular weight excluding hydrogens is 431 g/mol. The van der Waals surface area contributed by atoms with Crippen LogP contribution in [0.25, 0.3) is 0 Å². The van der Waals surface area contributed by atoms with E-state index in [4.69, 9.17) is 16.3 Å². The molecule has 156 valence electrons. The highest BCUT2D eigenvalue weighted by molar-refractivity contribution is 7.92. The summed E-state index contributed by atoms with van der Waals surface area (Å²) < 4.78 is 46.2. The van der Waals surface area contributed by atoms with Gasteiger partial charge < -0.3 is 10.1 Å². The van der Waals surface area contributed by atoms with Gasteiger partial charge in [-0.25, -0.2) is 12.8 Å². The molecule has 0 spiro atoms. The van der Waals surface area contributed by atoms with E-state index in [-0.39, 0.29) is 27.0 Å². The lowest BCUT2D eigenvalue weighted by atomic mass is 10.3. The van der Waals surface area contributed by atoms with Crippen molar-refractivity contribution < 1.29 is 22.3 Å². The molecule has 0 heterocycles. The van der Waals surface area contributed by atoms with Crippen molar-refractivity contribution in [3.63, 3.8) is 0 Å². The summed E-state index contributed by atoms with van der Waals surface area (Å²) in [5.74, 6) is -0.977. The topological polar surface area (TPSA) is 75.7 Å². The van der Waals surface area contributed by atoms with Crippen LogP contribution >= 0.6 is 11.6 Å². The van der Waals surface area contributed by atoms with Gasteiger partial charge in [-0.2, -0.15) is 0 Å². The maximum Gasteiger partial charge on any atom is 0.264 e. The van der Waals surface area contributed by atoms with E-state index in [0.29, 0.717) is 0 Å². The number of hydrogen-bond acceptors (Lipinski definition) is 4. The molecular formula is C21H18ClFN2O4S. The molecule has 6 nitrogen and oxygen atoms in total. The van der Waals surface area contributed by atoms with Crippen LogP contribution in [0.2, 0.25) is 5.02 Å². The third-order valence-corrected chi connectivity index (χ3v) is 6.24. The largest absolute Gasteiger partial charge is 0.495 e. The molecule has 0 saturated carbocycles. The van der Waals surface area contributed by atoms with Crippen molar-refractivity contribution in [2.75, 3.05) is 23.3 Å². The summed E-state index contributed by atoms with van der Waals surface area (Å²) in [6.07, 6.45) is 0. The number of benzene rings is 3. The summed E-state index contributed by atoms with van der Waals surface area (Å²) >= 11 is 5.74. The first kappa shape index (κ1) is 21.6. The molecule has 0 bridgehead atoms. The van der Waals surface area contributed by atoms with Crippen molar-refractivity contribution in [1.82, 2.24) is 0 Å². The number of sulfonamides is 1. The molecule has 1 N–H and O–H groups in total. The fourth-order valence-electron chi connectivity index (χ4n) is 2.76. The number of carbonyl (C=O) groups is 1. The molecule has 1 amide bonds. The van der Waals surface area contributed by atoms with Gasteiger partial charge in [0, 0.05) is 5.69 Å². The molecule has 30 heavy (non-hydrogen) atoms. The minimum Gasteiger partial charge on any atom is -0.495 e. The second-order valence-electron chi connectivity index (χ2n) is 6.17. The molecule has 3 rings (SSSR count). The SMILES string of the molecule is COc1ccccc1N(CC(=O)Nc1ccc(F)c(Cl)c1)S(=O)(=O)c1ccccc1. The van der Waals surface area contributed by atoms with Gasteiger partial charge in [0.2, 0.25) is 5.91 Å². The molecule has 0 aliphatic carbocycles. The number of ether oxygens (including phenoxy) is 1. The molecule has 0 aliphatic heterocycles. The van der Waals surface area contributed by atoms with Crippen LogP contribution in [-0.4, -0.2) is 28.0 Å². The van der Waals surface area contributed by atoms with Crippen molar-refractivity contribution in [1.29, 1.82) is 0 Å². The van der Waals surface area contributed by atoms with Gasteiger partial charge in [-0.3, -0.25) is 9.10 Å². The van der Waals surface area contributed by atoms with E-state index in [1.165, 1.54) is 31.4 Å². The number of hydrogen-bond donors (Lipinski definition) is 1. The molecule has 9 heteroatoms. The standard InChI is InChI=1S/C21H18ClFN2O4S/c1-29-20-10-6-5-9-19(20)25(30(27,28)16-7-3-2-4-8-16)14-21(26)24-15-11-12-18(23)17(22)13-15/h2-13H,14H2,1H3,(H,24,26). The lowest BCUT2D eigenvalue weighted by Crippen LogP contribution is -2.38. The van der Waals surface area contributed by atoms with Crippen LogP contribution in [0.4, 0.5) is 15.8 Å². The Morgan fingerprint density at radius 2 is 1.73 bits per heavy atom. The third-order valence-electron chi connectivity index (χ3n) is 4.18. The van der Waals surface area contributed by atoms with Crippen molar-refractivity contribution >= 4 is 38.9 Å². The first-order valence-electron chi connectivity index (χ1n) is 8.78. The summed E-state index contributed by atoms with van der Waals surface area (Å²) in [5, 5.41) is 2.37. The molecule has 0 fully saturated rings. The Morgan fingerprint density at radius 1 is 1.07 bits per heavy atom. The molecule has 0 radical (unpaired) electrons. The van der Waals surface area contributed by atoms with Crippen LogP contribution < -0.4 is 14.4 Å². The van der Waals surface area contributed by atoms with Gasteiger partial charge in [0.25, 0.3) is 10.0 Å². The second-order valence-corrected chi connectivity index (χ2v) is 8.44. The van der Waals surface area contributed by atoms with Gasteiger partial charge >= 0.3 is 0 Å². The highest BCUT2D eigenvalue weighted by Gasteiger charge is 2.29. The monoisotopic (exact) mass is 448 g/mol. The number of carbonyl (C=O) groups excluding carboxylic acids is 1. The summed E-state index contributed by atoms with van der Waals surface area (Å²) in [7, 11) is -2.67. The van der Waals surface area contributed by atoms with Crippen LogP contribution in [0.15, 0.2) is 77.7 Å². The van der Waals surface area contributed by atoms with Crippen LogP contribution in [0.5, 0.6) is 5.75 Å². The zero-order chi connectivity index (χ0) is 21.7. The number of amides is 1. The number of anilines is 2. The number of para-hydroxylation sites is 2. The summed E-state index contributed by atoms with van der Waals surface area (Å²) in [4.78, 5) is 12.7. The van der Waals surface area contributed by atoms with Gasteiger partial charge in [-0.05, 0) is 42.5 Å². The Bertz CT molecular complexity index is 1160. The number of methoxy groups -OCH3 is 1. The molecule has 0 aliphatic rings. The van der Waals surface area contributed by atoms with Gasteiger partial charge in [0.05, 0.1) is 22.7 Å². The maximum atomic E-state index is 13.3. The highest BCUT2D eigenvalue weighted by atomic mass is 35.5. The predicted octanol–water partition coefficient (Wildman–Crippen LogP) is 4.32. The number of nitrogens with zero attached hydrogens (tertiary/aromatic N) is 1. The van der Waals surface area contributed by atoms with E-state index >= 15 is 0 Å². The number of nitrogens with one attached hydrogen (secondary N) is 1. The molecule has 0 saturated heterocycles. The van der Waals surface area contributed by atoms with Gasteiger partial charge in [-0.1, -0.05) is 41.9 Å². The Labute approximate surface area is 178 Å². The van der Waals surface area contributed by atoms with E-state index in [9.17, 15) is 17.6 Å². The van der Waals surface area contributed by atoms with Crippen molar-refractivity contribution in [2.24, 2.45) is 0 Å². The molecule has 0 aromatic heterocycles. The molecule has 3 aromatic carbocycles. The predicted molar refractivity (Wildman–Crippen MR) is 114 cm³/mol. The summed E-state index contributed by atoms with van der Waals surface area (Å²) in [6.45, 7) is -0.535. The van der Waals surface area contributed by atoms with E-state index < -0.39 is 28.3 Å². The van der Waals surface area contributed by atoms with Crippen LogP contribution in [0, 0.1) is 5.82 Å². The van der Waals surface area contributed by atoms with Gasteiger partial charge in [-0.15, -0.1) is 0 Å². The lowest BCUT2D eigenvalue weighted by molar-refractivity contribution is -0.114. The quantitative estimate of drug-likeness (QED) is 0.584. The van der Waals surface area contributed by atoms with Crippen molar-refractivity contribution in [2.45, 2.75) is 4.90 Å². The van der Waals surface area contributed by atoms with Gasteiger partial charge in [0.15, 0.2) is 0 Å². The van der Waals surface area contributed by atoms with Crippen molar-refractivity contribution in [3.05, 3.63) is 83.6 Å². The van der Waals surface area contributed by atoms with Crippen LogP contribution in [0.1, 0.15) is 0 Å². The summed E-state index contributed by atoms with van der Waals surface area (Å²) in [6, 6.07) is 17.9. The number of rotatable bonds is 7. The summed E-state index contributed by atoms with van der Waals surface area (Å²) in [5.41, 5.74) is 0.444. The zero-order valence-electron chi connectivity index (χ0n) is 15.9. The first-order valence-corrected chi connectivity index (χ1v) is 10.6. The highest BCUT2D eigenvalue weighted by Crippen LogP contribution is 2.32. The minimum absolute atomic E-state index is 0.0218. The first-order chi connectivity index (χ1) is 14.3. The second kappa shape index (κ2) is 9.15. The fourth-order valence-corrected chi connectivity index (χ4v) is 4.39. The van der Waals surface area contributed by atoms with Gasteiger partial charge in [0.1, 0.15) is 18.1 Å². The van der Waals surface area contributed by atoms with E-state index in [1.807, 2.05) is 0 Å². The molecule has 0 unspecified atom stereocenters. The Kier molecular flexibility index (Phi) is 6.59. The number of halogens is 2. The normalized spacial score (nSPS) is 11.0. The fraction of sp³-hybridized carbons (Fsp3) is 0.0952. The van der Waals surface area contributed by atoms with E-state index in [0.717, 1.165) is 10.4 Å². The molecule has 3 aromatic rings. The molecule has 0 atom stereocenters. The Balaban J connectivity index is 1.97. The Morgan fingerprint density at radius 3 is 2.40 bits per heavy atom. The van der Waals surface area contributed by atoms with Crippen LogP contribution in [0.3, 0.4) is 0 Å². The van der Waals surface area contributed by atoms with Crippen LogP contribution in [-0.2, 0) is 14.8 Å². The van der Waals surface area contributed by atoms with E-state index in [1.54, 1.807) is 42.5 Å². The average Bonchev–Trinajstić information content (AvgIpc) is 2.75. The zero-order valence-corrected chi connectivity index (χ0v) is 17.5. The van der Waals surface area contributed by atoms with Crippen molar-refractivity contribution in [3.8, 4) is 5.75 Å². The van der Waals surface area contributed by atoms with E-state index in [2.05, 4.69) is 5.32 Å². The third kappa shape index (κ3) is 4.72. The minimum atomic E-state index is -4.08. The maximum absolute atomic E-state index is 13.3.